The van der Waals surface area contributed by atoms with Crippen LogP contribution < -0.4 is 5.32 Å². The van der Waals surface area contributed by atoms with Crippen LogP contribution in [0.1, 0.15) is 5.69 Å². The van der Waals surface area contributed by atoms with Crippen LogP contribution in [-0.4, -0.2) is 20.8 Å². The Kier molecular flexibility index (Phi) is 3.53. The molecule has 0 saturated carbocycles. The fraction of sp³-hybridized carbons (Fsp3) is 0.167. The number of phenolic OH excluding ortho intramolecular Hbond substituents is 1. The molecule has 2 N–H and O–H groups in total. The molecule has 0 unspecified atom stereocenters. The molecule has 0 saturated heterocycles. The van der Waals surface area contributed by atoms with Gasteiger partial charge in [0.2, 0.25) is 5.91 Å². The molecule has 1 heterocycles. The highest BCUT2D eigenvalue weighted by molar-refractivity contribution is 6.31. The number of aromatic hydroxyl groups is 1. The summed E-state index contributed by atoms with van der Waals surface area (Å²) in [5.41, 5.74) is 1.13. The number of aromatic nitrogens is 2. The molecule has 1 aromatic carbocycles. The number of anilines is 1. The summed E-state index contributed by atoms with van der Waals surface area (Å²) in [6, 6.07) is 6.27. The Morgan fingerprint density at radius 2 is 2.28 bits per heavy atom. The SMILES string of the molecule is Cc1ccn(CC(=O)Nc2cc(Cl)ccc2O)n1. The highest BCUT2D eigenvalue weighted by Gasteiger charge is 2.08. The van der Waals surface area contributed by atoms with Gasteiger partial charge < -0.3 is 10.4 Å². The fourth-order valence-corrected chi connectivity index (χ4v) is 1.67. The second kappa shape index (κ2) is 5.10. The molecule has 1 aromatic heterocycles. The number of carbonyl (C=O) groups is 1. The molecule has 0 radical (unpaired) electrons. The lowest BCUT2D eigenvalue weighted by atomic mass is 10.3. The van der Waals surface area contributed by atoms with Crippen LogP contribution in [0.4, 0.5) is 5.69 Å². The van der Waals surface area contributed by atoms with Gasteiger partial charge in [0, 0.05) is 11.2 Å². The molecule has 2 aromatic rings. The molecule has 6 heteroatoms. The highest BCUT2D eigenvalue weighted by Crippen LogP contribution is 2.26. The molecule has 0 spiro atoms. The molecular weight excluding hydrogens is 254 g/mol. The van der Waals surface area contributed by atoms with Crippen molar-refractivity contribution in [3.05, 3.63) is 41.2 Å². The normalized spacial score (nSPS) is 10.3. The Morgan fingerprint density at radius 3 is 2.94 bits per heavy atom. The summed E-state index contributed by atoms with van der Waals surface area (Å²) in [6.45, 7) is 1.93. The van der Waals surface area contributed by atoms with Crippen molar-refractivity contribution < 1.29 is 9.90 Å². The average Bonchev–Trinajstić information content (AvgIpc) is 2.69. The maximum absolute atomic E-state index is 11.7. The van der Waals surface area contributed by atoms with Crippen LogP contribution in [-0.2, 0) is 11.3 Å². The van der Waals surface area contributed by atoms with E-state index in [1.165, 1.54) is 16.8 Å². The molecule has 18 heavy (non-hydrogen) atoms. The number of nitrogens with one attached hydrogen (secondary N) is 1. The van der Waals surface area contributed by atoms with E-state index >= 15 is 0 Å². The fourth-order valence-electron chi connectivity index (χ4n) is 1.50. The molecule has 0 atom stereocenters. The third-order valence-electron chi connectivity index (χ3n) is 2.31. The number of amides is 1. The third kappa shape index (κ3) is 3.01. The largest absolute Gasteiger partial charge is 0.506 e. The minimum atomic E-state index is -0.282. The molecule has 0 fully saturated rings. The predicted molar refractivity (Wildman–Crippen MR) is 68.7 cm³/mol. The Bertz CT molecular complexity index is 580. The lowest BCUT2D eigenvalue weighted by Gasteiger charge is -2.07. The van der Waals surface area contributed by atoms with Gasteiger partial charge in [-0.05, 0) is 31.2 Å². The van der Waals surface area contributed by atoms with Crippen LogP contribution in [0.15, 0.2) is 30.5 Å². The van der Waals surface area contributed by atoms with Crippen LogP contribution in [0, 0.1) is 6.92 Å². The zero-order valence-corrected chi connectivity index (χ0v) is 10.5. The number of benzene rings is 1. The van der Waals surface area contributed by atoms with Crippen molar-refractivity contribution in [1.82, 2.24) is 9.78 Å². The minimum Gasteiger partial charge on any atom is -0.506 e. The lowest BCUT2D eigenvalue weighted by Crippen LogP contribution is -2.19. The van der Waals surface area contributed by atoms with Crippen molar-refractivity contribution in [1.29, 1.82) is 0 Å². The number of rotatable bonds is 3. The molecule has 0 aliphatic carbocycles. The van der Waals surface area contributed by atoms with E-state index in [1.807, 2.05) is 13.0 Å². The maximum Gasteiger partial charge on any atom is 0.246 e. The number of nitrogens with zero attached hydrogens (tertiary/aromatic N) is 2. The van der Waals surface area contributed by atoms with Gasteiger partial charge in [-0.3, -0.25) is 9.48 Å². The molecule has 2 rings (SSSR count). The van der Waals surface area contributed by atoms with E-state index in [4.69, 9.17) is 11.6 Å². The van der Waals surface area contributed by atoms with Crippen LogP contribution in [0.2, 0.25) is 5.02 Å². The van der Waals surface area contributed by atoms with E-state index in [0.29, 0.717) is 5.02 Å². The lowest BCUT2D eigenvalue weighted by molar-refractivity contribution is -0.116. The average molecular weight is 266 g/mol. The topological polar surface area (TPSA) is 67.2 Å². The molecule has 0 bridgehead atoms. The molecular formula is C12H12ClN3O2. The number of halogens is 1. The quantitative estimate of drug-likeness (QED) is 0.836. The number of hydrogen-bond donors (Lipinski definition) is 2. The van der Waals surface area contributed by atoms with Gasteiger partial charge in [-0.2, -0.15) is 5.10 Å². The van der Waals surface area contributed by atoms with Crippen LogP contribution in [0.3, 0.4) is 0 Å². The first kappa shape index (κ1) is 12.4. The van der Waals surface area contributed by atoms with E-state index in [9.17, 15) is 9.90 Å². The van der Waals surface area contributed by atoms with Crippen LogP contribution >= 0.6 is 11.6 Å². The van der Waals surface area contributed by atoms with E-state index in [2.05, 4.69) is 10.4 Å². The first-order chi connectivity index (χ1) is 8.54. The number of carbonyl (C=O) groups excluding carboxylic acids is 1. The first-order valence-corrected chi connectivity index (χ1v) is 5.71. The maximum atomic E-state index is 11.7. The van der Waals surface area contributed by atoms with E-state index < -0.39 is 0 Å². The second-order valence-corrected chi connectivity index (χ2v) is 4.30. The van der Waals surface area contributed by atoms with Crippen LogP contribution in [0.25, 0.3) is 0 Å². The molecule has 0 aliphatic rings. The van der Waals surface area contributed by atoms with Crippen molar-refractivity contribution in [3.8, 4) is 5.75 Å². The Balaban J connectivity index is 2.05. The van der Waals surface area contributed by atoms with Gasteiger partial charge in [0.15, 0.2) is 0 Å². The van der Waals surface area contributed by atoms with E-state index in [-0.39, 0.29) is 23.9 Å². The number of aryl methyl sites for hydroxylation is 1. The second-order valence-electron chi connectivity index (χ2n) is 3.86. The van der Waals surface area contributed by atoms with Crippen LogP contribution in [0.5, 0.6) is 5.75 Å². The van der Waals surface area contributed by atoms with E-state index in [0.717, 1.165) is 5.69 Å². The van der Waals surface area contributed by atoms with Gasteiger partial charge in [0.25, 0.3) is 0 Å². The summed E-state index contributed by atoms with van der Waals surface area (Å²) >= 11 is 5.78. The van der Waals surface area contributed by atoms with Crippen molar-refractivity contribution in [2.75, 3.05) is 5.32 Å². The monoisotopic (exact) mass is 265 g/mol. The van der Waals surface area contributed by atoms with Gasteiger partial charge in [-0.25, -0.2) is 0 Å². The van der Waals surface area contributed by atoms with Crippen molar-refractivity contribution in [3.63, 3.8) is 0 Å². The number of phenols is 1. The summed E-state index contributed by atoms with van der Waals surface area (Å²) in [6.07, 6.45) is 1.72. The Hall–Kier alpha value is -2.01. The molecule has 94 valence electrons. The zero-order chi connectivity index (χ0) is 13.1. The zero-order valence-electron chi connectivity index (χ0n) is 9.72. The summed E-state index contributed by atoms with van der Waals surface area (Å²) < 4.78 is 1.52. The smallest absolute Gasteiger partial charge is 0.246 e. The van der Waals surface area contributed by atoms with Gasteiger partial charge in [-0.15, -0.1) is 0 Å². The summed E-state index contributed by atoms with van der Waals surface area (Å²) in [5.74, 6) is -0.305. The third-order valence-corrected chi connectivity index (χ3v) is 2.55. The van der Waals surface area contributed by atoms with Crippen molar-refractivity contribution >= 4 is 23.2 Å². The van der Waals surface area contributed by atoms with Gasteiger partial charge >= 0.3 is 0 Å². The van der Waals surface area contributed by atoms with Gasteiger partial charge in [0.1, 0.15) is 12.3 Å². The Labute approximate surface area is 109 Å². The summed E-state index contributed by atoms with van der Waals surface area (Å²) in [5, 5.41) is 16.7. The summed E-state index contributed by atoms with van der Waals surface area (Å²) in [7, 11) is 0. The van der Waals surface area contributed by atoms with Crippen molar-refractivity contribution in [2.24, 2.45) is 0 Å². The number of hydrogen-bond acceptors (Lipinski definition) is 3. The van der Waals surface area contributed by atoms with Crippen molar-refractivity contribution in [2.45, 2.75) is 13.5 Å². The summed E-state index contributed by atoms with van der Waals surface area (Å²) in [4.78, 5) is 11.7. The Morgan fingerprint density at radius 1 is 1.50 bits per heavy atom. The minimum absolute atomic E-state index is 0.0237. The highest BCUT2D eigenvalue weighted by atomic mass is 35.5. The molecule has 1 amide bonds. The molecule has 0 aliphatic heterocycles. The standard InChI is InChI=1S/C12H12ClN3O2/c1-8-4-5-16(15-8)7-12(18)14-10-6-9(13)2-3-11(10)17/h2-6,17H,7H2,1H3,(H,14,18). The van der Waals surface area contributed by atoms with Gasteiger partial charge in [0.05, 0.1) is 11.4 Å². The molecule has 5 nitrogen and oxygen atoms in total. The predicted octanol–water partition coefficient (Wildman–Crippen LogP) is 2.19. The van der Waals surface area contributed by atoms with E-state index in [1.54, 1.807) is 12.3 Å². The van der Waals surface area contributed by atoms with Gasteiger partial charge in [-0.1, -0.05) is 11.6 Å². The first-order valence-electron chi connectivity index (χ1n) is 5.33.